The van der Waals surface area contributed by atoms with Crippen LogP contribution in [-0.4, -0.2) is 55.9 Å². The van der Waals surface area contributed by atoms with E-state index in [1.165, 1.54) is 23.9 Å². The van der Waals surface area contributed by atoms with E-state index in [0.29, 0.717) is 45.2 Å². The second-order valence-electron chi connectivity index (χ2n) is 9.39. The predicted molar refractivity (Wildman–Crippen MR) is 144 cm³/mol. The van der Waals surface area contributed by atoms with Gasteiger partial charge in [0.15, 0.2) is 11.6 Å². The Bertz CT molecular complexity index is 1510. The summed E-state index contributed by atoms with van der Waals surface area (Å²) >= 11 is 1.17. The minimum Gasteiger partial charge on any atom is -0.325 e. The smallest absolute Gasteiger partial charge is 0.325 e. The third kappa shape index (κ3) is 6.90. The van der Waals surface area contributed by atoms with Crippen LogP contribution < -0.4 is 21.3 Å². The van der Waals surface area contributed by atoms with Gasteiger partial charge in [0.25, 0.3) is 0 Å². The zero-order valence-corrected chi connectivity index (χ0v) is 22.1. The van der Waals surface area contributed by atoms with Crippen LogP contribution in [0.3, 0.4) is 0 Å². The Balaban J connectivity index is 1.36. The van der Waals surface area contributed by atoms with Crippen molar-refractivity contribution in [1.29, 1.82) is 0 Å². The molecule has 2 amide bonds. The van der Waals surface area contributed by atoms with E-state index in [4.69, 9.17) is 0 Å². The Morgan fingerprint density at radius 1 is 1.10 bits per heavy atom. The first kappa shape index (κ1) is 27.5. The molecule has 1 saturated heterocycles. The van der Waals surface area contributed by atoms with Crippen molar-refractivity contribution in [3.05, 3.63) is 48.3 Å². The number of anilines is 4. The number of amides is 2. The highest BCUT2D eigenvalue weighted by Gasteiger charge is 2.38. The number of halogens is 3. The second-order valence-corrected chi connectivity index (χ2v) is 10.4. The van der Waals surface area contributed by atoms with E-state index in [2.05, 4.69) is 36.2 Å². The van der Waals surface area contributed by atoms with Gasteiger partial charge in [0.05, 0.1) is 11.9 Å². The zero-order valence-electron chi connectivity index (χ0n) is 21.3. The summed E-state index contributed by atoms with van der Waals surface area (Å²) < 4.78 is 39.2. The van der Waals surface area contributed by atoms with E-state index in [1.54, 1.807) is 28.9 Å². The summed E-state index contributed by atoms with van der Waals surface area (Å²) in [6.45, 7) is 3.69. The predicted octanol–water partition coefficient (Wildman–Crippen LogP) is 4.48. The number of carbonyl (C=O) groups is 2. The monoisotopic (exact) mass is 573 g/mol. The maximum absolute atomic E-state index is 12.7. The molecule has 4 heterocycles. The van der Waals surface area contributed by atoms with Crippen molar-refractivity contribution < 1.29 is 22.8 Å². The molecule has 3 aromatic heterocycles. The molecule has 15 heteroatoms. The van der Waals surface area contributed by atoms with Crippen LogP contribution in [0.2, 0.25) is 0 Å². The van der Waals surface area contributed by atoms with Crippen molar-refractivity contribution in [3.63, 3.8) is 0 Å². The highest BCUT2D eigenvalue weighted by atomic mass is 32.2. The lowest BCUT2D eigenvalue weighted by molar-refractivity contribution is -0.167. The Morgan fingerprint density at radius 2 is 1.85 bits per heavy atom. The minimum absolute atomic E-state index is 0.00888. The van der Waals surface area contributed by atoms with Crippen molar-refractivity contribution in [3.8, 4) is 0 Å². The number of alkyl halides is 3. The van der Waals surface area contributed by atoms with Gasteiger partial charge in [0.2, 0.25) is 11.1 Å². The summed E-state index contributed by atoms with van der Waals surface area (Å²) in [5.74, 6) is -0.791. The lowest BCUT2D eigenvalue weighted by Gasteiger charge is -2.21. The number of carbonyl (C=O) groups excluding carboxylic acids is 2. The molecule has 5 N–H and O–H groups in total. The first-order valence-electron chi connectivity index (χ1n) is 12.5. The molecule has 1 fully saturated rings. The fourth-order valence-electron chi connectivity index (χ4n) is 4.26. The number of fused-ring (bicyclic) bond motifs is 1. The molecule has 0 unspecified atom stereocenters. The van der Waals surface area contributed by atoms with E-state index < -0.39 is 12.1 Å². The first-order valence-corrected chi connectivity index (χ1v) is 13.3. The summed E-state index contributed by atoms with van der Waals surface area (Å²) in [6.07, 6.45) is -0.917. The molecular formula is C25H26F3N9O2S. The van der Waals surface area contributed by atoms with Crippen molar-refractivity contribution >= 4 is 52.1 Å². The molecule has 0 atom stereocenters. The maximum Gasteiger partial charge on any atom is 0.471 e. The van der Waals surface area contributed by atoms with Crippen LogP contribution in [0.15, 0.2) is 52.6 Å². The zero-order chi connectivity index (χ0) is 28.3. The number of piperidine rings is 1. The van der Waals surface area contributed by atoms with E-state index in [0.717, 1.165) is 31.6 Å². The van der Waals surface area contributed by atoms with Crippen molar-refractivity contribution in [2.45, 2.75) is 42.4 Å². The van der Waals surface area contributed by atoms with Crippen LogP contribution in [0, 0.1) is 12.8 Å². The van der Waals surface area contributed by atoms with E-state index in [-0.39, 0.29) is 11.6 Å². The van der Waals surface area contributed by atoms with Gasteiger partial charge in [-0.25, -0.2) is 9.50 Å². The topological polar surface area (TPSA) is 141 Å². The standard InChI is InChI=1S/C25H26F3N9O2S/c1-14-10-20(35-34-14)32-22-19-12-17(30-21(38)11-15-6-8-29-9-7-15)13-37(19)36-24(33-22)40-18-4-2-16(3-5-18)31-23(39)25(26,27)28/h2-5,10,12-13,15,29H,6-9,11H2,1H3,(H,30,38)(H,31,39)(H2,32,33,34,35,36). The maximum atomic E-state index is 12.7. The quantitative estimate of drug-likeness (QED) is 0.208. The molecule has 0 bridgehead atoms. The van der Waals surface area contributed by atoms with Gasteiger partial charge in [-0.1, -0.05) is 0 Å². The normalized spacial score (nSPS) is 14.3. The van der Waals surface area contributed by atoms with Gasteiger partial charge >= 0.3 is 12.1 Å². The van der Waals surface area contributed by atoms with Gasteiger partial charge < -0.3 is 21.3 Å². The molecule has 0 saturated carbocycles. The number of nitrogens with zero attached hydrogens (tertiary/aromatic N) is 4. The Kier molecular flexibility index (Phi) is 7.93. The molecule has 0 spiro atoms. The average Bonchev–Trinajstić information content (AvgIpc) is 3.50. The van der Waals surface area contributed by atoms with Crippen LogP contribution in [0.1, 0.15) is 25.0 Å². The third-order valence-corrected chi connectivity index (χ3v) is 7.05. The molecule has 0 aliphatic carbocycles. The van der Waals surface area contributed by atoms with Gasteiger partial charge in [-0.05, 0) is 80.9 Å². The summed E-state index contributed by atoms with van der Waals surface area (Å²) in [6, 6.07) is 9.41. The number of hydrogen-bond acceptors (Lipinski definition) is 8. The Morgan fingerprint density at radius 3 is 2.52 bits per heavy atom. The summed E-state index contributed by atoms with van der Waals surface area (Å²) in [7, 11) is 0. The van der Waals surface area contributed by atoms with Crippen LogP contribution in [0.5, 0.6) is 0 Å². The lowest BCUT2D eigenvalue weighted by Crippen LogP contribution is -2.30. The molecule has 0 radical (unpaired) electrons. The number of H-pyrrole nitrogens is 1. The van der Waals surface area contributed by atoms with E-state index >= 15 is 0 Å². The molecule has 1 aliphatic heterocycles. The minimum atomic E-state index is -4.98. The molecular weight excluding hydrogens is 547 g/mol. The second kappa shape index (κ2) is 11.6. The summed E-state index contributed by atoms with van der Waals surface area (Å²) in [5.41, 5.74) is 2.03. The molecule has 5 rings (SSSR count). The fourth-order valence-corrected chi connectivity index (χ4v) is 5.01. The van der Waals surface area contributed by atoms with Crippen molar-refractivity contribution in [1.82, 2.24) is 30.1 Å². The number of aryl methyl sites for hydroxylation is 1. The van der Waals surface area contributed by atoms with Crippen LogP contribution in [-0.2, 0) is 9.59 Å². The highest BCUT2D eigenvalue weighted by molar-refractivity contribution is 7.99. The molecule has 40 heavy (non-hydrogen) atoms. The Labute approximate surface area is 230 Å². The van der Waals surface area contributed by atoms with Gasteiger partial charge in [-0.3, -0.25) is 14.7 Å². The number of nitrogens with one attached hydrogen (secondary N) is 5. The molecule has 210 valence electrons. The SMILES string of the molecule is Cc1cc(Nc2nc(Sc3ccc(NC(=O)C(F)(F)F)cc3)nn3cc(NC(=O)CC4CCNCC4)cc23)n[nH]1. The number of hydrogen-bond donors (Lipinski definition) is 5. The number of rotatable bonds is 8. The van der Waals surface area contributed by atoms with Crippen molar-refractivity contribution in [2.24, 2.45) is 5.92 Å². The summed E-state index contributed by atoms with van der Waals surface area (Å²) in [4.78, 5) is 29.1. The molecule has 1 aromatic carbocycles. The third-order valence-electron chi connectivity index (χ3n) is 6.19. The fraction of sp³-hybridized carbons (Fsp3) is 0.320. The van der Waals surface area contributed by atoms with Crippen LogP contribution >= 0.6 is 11.8 Å². The molecule has 1 aliphatic rings. The molecule has 4 aromatic rings. The Hall–Kier alpha value is -4.11. The highest BCUT2D eigenvalue weighted by Crippen LogP contribution is 2.31. The van der Waals surface area contributed by atoms with Crippen LogP contribution in [0.25, 0.3) is 5.52 Å². The van der Waals surface area contributed by atoms with Gasteiger partial charge in [0.1, 0.15) is 5.52 Å². The van der Waals surface area contributed by atoms with E-state index in [9.17, 15) is 22.8 Å². The van der Waals surface area contributed by atoms with Crippen molar-refractivity contribution in [2.75, 3.05) is 29.0 Å². The van der Waals surface area contributed by atoms with Crippen LogP contribution in [0.4, 0.5) is 36.2 Å². The number of benzene rings is 1. The average molecular weight is 574 g/mol. The largest absolute Gasteiger partial charge is 0.471 e. The van der Waals surface area contributed by atoms with Gasteiger partial charge in [-0.2, -0.15) is 18.3 Å². The number of aromatic amines is 1. The van der Waals surface area contributed by atoms with Gasteiger partial charge in [-0.15, -0.1) is 5.10 Å². The van der Waals surface area contributed by atoms with E-state index in [1.807, 2.05) is 18.3 Å². The number of aromatic nitrogens is 5. The first-order chi connectivity index (χ1) is 19.1. The van der Waals surface area contributed by atoms with Gasteiger partial charge in [0, 0.05) is 28.8 Å². The summed E-state index contributed by atoms with van der Waals surface area (Å²) in [5, 5.41) is 23.2. The molecule has 11 nitrogen and oxygen atoms in total. The lowest BCUT2D eigenvalue weighted by atomic mass is 9.94.